The summed E-state index contributed by atoms with van der Waals surface area (Å²) < 4.78 is 0. The largest absolute Gasteiger partial charge is 0.315 e. The van der Waals surface area contributed by atoms with Crippen LogP contribution in [0.3, 0.4) is 0 Å². The molecule has 0 amide bonds. The van der Waals surface area contributed by atoms with Crippen LogP contribution < -0.4 is 5.32 Å². The number of rotatable bonds is 2. The second-order valence-corrected chi connectivity index (χ2v) is 4.96. The lowest BCUT2D eigenvalue weighted by molar-refractivity contribution is 0.252. The van der Waals surface area contributed by atoms with Crippen molar-refractivity contribution < 1.29 is 0 Å². The maximum Gasteiger partial charge on any atom is 0.124 e. The summed E-state index contributed by atoms with van der Waals surface area (Å²) in [5.41, 5.74) is 3.68. The quantitative estimate of drug-likeness (QED) is 0.865. The van der Waals surface area contributed by atoms with Crippen molar-refractivity contribution in [1.82, 2.24) is 10.2 Å². The molecule has 0 bridgehead atoms. The van der Waals surface area contributed by atoms with E-state index < -0.39 is 0 Å². The van der Waals surface area contributed by atoms with Crippen LogP contribution in [-0.4, -0.2) is 31.1 Å². The Morgan fingerprint density at radius 1 is 1.28 bits per heavy atom. The number of benzene rings is 1. The third-order valence-electron chi connectivity index (χ3n) is 3.80. The van der Waals surface area contributed by atoms with Crippen LogP contribution >= 0.6 is 0 Å². The van der Waals surface area contributed by atoms with E-state index in [0.29, 0.717) is 0 Å². The highest BCUT2D eigenvalue weighted by Gasteiger charge is 2.22. The van der Waals surface area contributed by atoms with Crippen molar-refractivity contribution in [2.45, 2.75) is 26.3 Å². The van der Waals surface area contributed by atoms with Crippen molar-refractivity contribution >= 4 is 0 Å². The van der Waals surface area contributed by atoms with Gasteiger partial charge in [-0.2, -0.15) is 5.26 Å². The van der Waals surface area contributed by atoms with Crippen molar-refractivity contribution in [3.05, 3.63) is 34.9 Å². The van der Waals surface area contributed by atoms with E-state index in [9.17, 15) is 5.26 Å². The SMILES string of the molecule is Cc1cccc(C(C#N)N2CCCNCC2)c1C. The molecule has 1 fully saturated rings. The Bertz CT molecular complexity index is 440. The van der Waals surface area contributed by atoms with Crippen molar-refractivity contribution in [1.29, 1.82) is 5.26 Å². The van der Waals surface area contributed by atoms with Gasteiger partial charge in [-0.15, -0.1) is 0 Å². The fraction of sp³-hybridized carbons (Fsp3) is 0.533. The van der Waals surface area contributed by atoms with Gasteiger partial charge in [-0.3, -0.25) is 4.90 Å². The van der Waals surface area contributed by atoms with Gasteiger partial charge in [-0.05, 0) is 43.5 Å². The molecule has 96 valence electrons. The Morgan fingerprint density at radius 3 is 2.89 bits per heavy atom. The Hall–Kier alpha value is -1.37. The molecular weight excluding hydrogens is 222 g/mol. The molecule has 0 spiro atoms. The van der Waals surface area contributed by atoms with Crippen LogP contribution in [0.15, 0.2) is 18.2 Å². The molecule has 1 N–H and O–H groups in total. The fourth-order valence-corrected chi connectivity index (χ4v) is 2.54. The van der Waals surface area contributed by atoms with Crippen LogP contribution in [0.5, 0.6) is 0 Å². The van der Waals surface area contributed by atoms with E-state index in [0.717, 1.165) is 32.6 Å². The Labute approximate surface area is 109 Å². The van der Waals surface area contributed by atoms with Crippen LogP contribution in [0.25, 0.3) is 0 Å². The molecule has 0 radical (unpaired) electrons. The van der Waals surface area contributed by atoms with Gasteiger partial charge in [-0.1, -0.05) is 18.2 Å². The van der Waals surface area contributed by atoms with Crippen molar-refractivity contribution in [2.24, 2.45) is 0 Å². The number of aryl methyl sites for hydroxylation is 1. The van der Waals surface area contributed by atoms with Gasteiger partial charge in [0.1, 0.15) is 6.04 Å². The summed E-state index contributed by atoms with van der Waals surface area (Å²) in [6, 6.07) is 8.63. The maximum absolute atomic E-state index is 9.53. The van der Waals surface area contributed by atoms with Gasteiger partial charge in [0.05, 0.1) is 6.07 Å². The molecule has 18 heavy (non-hydrogen) atoms. The van der Waals surface area contributed by atoms with Crippen LogP contribution in [0, 0.1) is 25.2 Å². The van der Waals surface area contributed by atoms with Crippen molar-refractivity contribution in [2.75, 3.05) is 26.2 Å². The second-order valence-electron chi connectivity index (χ2n) is 4.96. The molecule has 3 nitrogen and oxygen atoms in total. The summed E-state index contributed by atoms with van der Waals surface area (Å²) in [6.07, 6.45) is 1.11. The molecule has 1 saturated heterocycles. The lowest BCUT2D eigenvalue weighted by Gasteiger charge is -2.26. The smallest absolute Gasteiger partial charge is 0.124 e. The minimum atomic E-state index is -0.107. The molecule has 1 aromatic carbocycles. The first-order chi connectivity index (χ1) is 8.74. The Balaban J connectivity index is 2.27. The topological polar surface area (TPSA) is 39.1 Å². The van der Waals surface area contributed by atoms with Gasteiger partial charge in [0.2, 0.25) is 0 Å². The molecule has 1 aromatic rings. The predicted octanol–water partition coefficient (Wildman–Crippen LogP) is 2.16. The van der Waals surface area contributed by atoms with E-state index in [1.54, 1.807) is 0 Å². The molecular formula is C15H21N3. The average molecular weight is 243 g/mol. The Kier molecular flexibility index (Phi) is 4.35. The fourth-order valence-electron chi connectivity index (χ4n) is 2.54. The molecule has 0 aromatic heterocycles. The lowest BCUT2D eigenvalue weighted by atomic mass is 9.97. The zero-order valence-electron chi connectivity index (χ0n) is 11.2. The summed E-state index contributed by atoms with van der Waals surface area (Å²) in [7, 11) is 0. The van der Waals surface area contributed by atoms with Crippen LogP contribution in [0.2, 0.25) is 0 Å². The van der Waals surface area contributed by atoms with Gasteiger partial charge in [-0.25, -0.2) is 0 Å². The highest BCUT2D eigenvalue weighted by molar-refractivity contribution is 5.37. The average Bonchev–Trinajstić information content (AvgIpc) is 2.64. The summed E-state index contributed by atoms with van der Waals surface area (Å²) in [6.45, 7) is 8.21. The molecule has 1 aliphatic heterocycles. The molecule has 0 aliphatic carbocycles. The standard InChI is InChI=1S/C15H21N3/c1-12-5-3-6-14(13(12)2)15(11-16)18-9-4-7-17-8-10-18/h3,5-6,15,17H,4,7-10H2,1-2H3. The minimum Gasteiger partial charge on any atom is -0.315 e. The molecule has 3 heteroatoms. The summed E-state index contributed by atoms with van der Waals surface area (Å²) in [5, 5.41) is 12.9. The van der Waals surface area contributed by atoms with Gasteiger partial charge in [0, 0.05) is 19.6 Å². The van der Waals surface area contributed by atoms with Crippen molar-refractivity contribution in [3.63, 3.8) is 0 Å². The minimum absolute atomic E-state index is 0.107. The number of nitrogens with one attached hydrogen (secondary N) is 1. The van der Waals surface area contributed by atoms with E-state index >= 15 is 0 Å². The van der Waals surface area contributed by atoms with Gasteiger partial charge in [0.25, 0.3) is 0 Å². The summed E-state index contributed by atoms with van der Waals surface area (Å²) in [5.74, 6) is 0. The van der Waals surface area contributed by atoms with E-state index in [1.807, 2.05) is 0 Å². The van der Waals surface area contributed by atoms with E-state index in [-0.39, 0.29) is 6.04 Å². The first-order valence-electron chi connectivity index (χ1n) is 6.64. The van der Waals surface area contributed by atoms with Gasteiger partial charge in [0.15, 0.2) is 0 Å². The zero-order chi connectivity index (χ0) is 13.0. The first kappa shape index (κ1) is 13.1. The molecule has 2 rings (SSSR count). The predicted molar refractivity (Wildman–Crippen MR) is 73.3 cm³/mol. The number of nitriles is 1. The normalized spacial score (nSPS) is 18.9. The molecule has 1 heterocycles. The number of nitrogens with zero attached hydrogens (tertiary/aromatic N) is 2. The van der Waals surface area contributed by atoms with E-state index in [1.165, 1.54) is 16.7 Å². The van der Waals surface area contributed by atoms with Gasteiger partial charge >= 0.3 is 0 Å². The molecule has 1 unspecified atom stereocenters. The second kappa shape index (κ2) is 5.99. The summed E-state index contributed by atoms with van der Waals surface area (Å²) in [4.78, 5) is 2.29. The van der Waals surface area contributed by atoms with Crippen molar-refractivity contribution in [3.8, 4) is 6.07 Å². The van der Waals surface area contributed by atoms with E-state index in [2.05, 4.69) is 48.3 Å². The molecule has 1 aliphatic rings. The molecule has 0 saturated carbocycles. The van der Waals surface area contributed by atoms with Crippen LogP contribution in [-0.2, 0) is 0 Å². The number of hydrogen-bond acceptors (Lipinski definition) is 3. The molecule has 1 atom stereocenters. The third-order valence-corrected chi connectivity index (χ3v) is 3.80. The Morgan fingerprint density at radius 2 is 2.11 bits per heavy atom. The zero-order valence-corrected chi connectivity index (χ0v) is 11.2. The third kappa shape index (κ3) is 2.72. The van der Waals surface area contributed by atoms with Crippen LogP contribution in [0.4, 0.5) is 0 Å². The monoisotopic (exact) mass is 243 g/mol. The van der Waals surface area contributed by atoms with Gasteiger partial charge < -0.3 is 5.32 Å². The lowest BCUT2D eigenvalue weighted by Crippen LogP contribution is -2.32. The number of hydrogen-bond donors (Lipinski definition) is 1. The highest BCUT2D eigenvalue weighted by Crippen LogP contribution is 2.25. The summed E-state index contributed by atoms with van der Waals surface area (Å²) >= 11 is 0. The first-order valence-corrected chi connectivity index (χ1v) is 6.64. The highest BCUT2D eigenvalue weighted by atomic mass is 15.2. The van der Waals surface area contributed by atoms with Crippen LogP contribution in [0.1, 0.15) is 29.2 Å². The van der Waals surface area contributed by atoms with E-state index in [4.69, 9.17) is 0 Å². The maximum atomic E-state index is 9.53.